The topological polar surface area (TPSA) is 80.5 Å². The summed E-state index contributed by atoms with van der Waals surface area (Å²) in [6, 6.07) is 21.4. The molecule has 0 saturated heterocycles. The number of hydrogen-bond donors (Lipinski definition) is 2. The standard InChI is InChI=1S/C27H23N5/c1-16-3-2-4-25(32-16)27-26(30-15-31-27)19-7-8-24-21(10-19)11-22(14-29-24)17-5-6-18-12-23(28)13-20(18)9-17/h2-11,14-15,23H,12-13,28H2,1H3,(H,30,31). The molecule has 32 heavy (non-hydrogen) atoms. The molecule has 3 heterocycles. The summed E-state index contributed by atoms with van der Waals surface area (Å²) >= 11 is 0. The lowest BCUT2D eigenvalue weighted by Gasteiger charge is -2.08. The Balaban J connectivity index is 1.42. The van der Waals surface area contributed by atoms with Crippen molar-refractivity contribution in [2.24, 2.45) is 5.73 Å². The van der Waals surface area contributed by atoms with E-state index in [0.717, 1.165) is 57.6 Å². The van der Waals surface area contributed by atoms with Crippen LogP contribution in [0.1, 0.15) is 16.8 Å². The van der Waals surface area contributed by atoms with E-state index in [1.165, 1.54) is 16.7 Å². The normalized spacial score (nSPS) is 15.2. The first-order chi connectivity index (χ1) is 15.6. The number of nitrogens with two attached hydrogens (primary N) is 1. The van der Waals surface area contributed by atoms with Crippen molar-refractivity contribution in [3.63, 3.8) is 0 Å². The van der Waals surface area contributed by atoms with E-state index in [4.69, 9.17) is 10.7 Å². The van der Waals surface area contributed by atoms with Gasteiger partial charge in [0, 0.05) is 34.4 Å². The molecule has 5 nitrogen and oxygen atoms in total. The number of pyridine rings is 2. The van der Waals surface area contributed by atoms with Crippen molar-refractivity contribution < 1.29 is 0 Å². The van der Waals surface area contributed by atoms with Crippen LogP contribution in [0.15, 0.2) is 73.2 Å². The van der Waals surface area contributed by atoms with E-state index in [1.54, 1.807) is 6.33 Å². The predicted octanol–water partition coefficient (Wildman–Crippen LogP) is 5.09. The van der Waals surface area contributed by atoms with Crippen LogP contribution in [0, 0.1) is 6.92 Å². The van der Waals surface area contributed by atoms with E-state index in [1.807, 2.05) is 31.3 Å². The molecule has 2 aromatic carbocycles. The molecular formula is C27H23N5. The lowest BCUT2D eigenvalue weighted by Crippen LogP contribution is -2.18. The zero-order chi connectivity index (χ0) is 21.7. The number of aromatic amines is 1. The third-order valence-electron chi connectivity index (χ3n) is 6.24. The van der Waals surface area contributed by atoms with Crippen molar-refractivity contribution >= 4 is 10.9 Å². The Hall–Kier alpha value is -3.83. The lowest BCUT2D eigenvalue weighted by atomic mass is 9.99. The van der Waals surface area contributed by atoms with Gasteiger partial charge in [0.25, 0.3) is 0 Å². The van der Waals surface area contributed by atoms with Crippen LogP contribution in [0.25, 0.3) is 44.7 Å². The molecule has 1 aliphatic carbocycles. The predicted molar refractivity (Wildman–Crippen MR) is 128 cm³/mol. The van der Waals surface area contributed by atoms with Gasteiger partial charge in [0.2, 0.25) is 0 Å². The monoisotopic (exact) mass is 417 g/mol. The number of aryl methyl sites for hydroxylation is 1. The van der Waals surface area contributed by atoms with Gasteiger partial charge in [-0.2, -0.15) is 0 Å². The van der Waals surface area contributed by atoms with Crippen molar-refractivity contribution in [1.82, 2.24) is 19.9 Å². The Morgan fingerprint density at radius 2 is 1.72 bits per heavy atom. The number of imidazole rings is 1. The van der Waals surface area contributed by atoms with Gasteiger partial charge < -0.3 is 10.7 Å². The molecule has 1 atom stereocenters. The molecule has 1 unspecified atom stereocenters. The quantitative estimate of drug-likeness (QED) is 0.429. The first kappa shape index (κ1) is 18.9. The number of rotatable bonds is 3. The highest BCUT2D eigenvalue weighted by molar-refractivity contribution is 5.89. The molecule has 5 heteroatoms. The van der Waals surface area contributed by atoms with Crippen molar-refractivity contribution in [1.29, 1.82) is 0 Å². The number of hydrogen-bond acceptors (Lipinski definition) is 4. The molecule has 156 valence electrons. The van der Waals surface area contributed by atoms with E-state index in [0.29, 0.717) is 0 Å². The van der Waals surface area contributed by atoms with E-state index < -0.39 is 0 Å². The zero-order valence-electron chi connectivity index (χ0n) is 17.8. The van der Waals surface area contributed by atoms with Gasteiger partial charge in [-0.25, -0.2) is 4.98 Å². The Bertz CT molecular complexity index is 1470. The van der Waals surface area contributed by atoms with Crippen LogP contribution in [0.5, 0.6) is 0 Å². The maximum absolute atomic E-state index is 6.15. The average Bonchev–Trinajstić information content (AvgIpc) is 3.44. The van der Waals surface area contributed by atoms with Gasteiger partial charge in [-0.05, 0) is 66.8 Å². The minimum Gasteiger partial charge on any atom is -0.343 e. The number of aromatic nitrogens is 4. The minimum absolute atomic E-state index is 0.239. The van der Waals surface area contributed by atoms with E-state index in [-0.39, 0.29) is 6.04 Å². The van der Waals surface area contributed by atoms with Gasteiger partial charge >= 0.3 is 0 Å². The van der Waals surface area contributed by atoms with Crippen LogP contribution in [-0.2, 0) is 12.8 Å². The highest BCUT2D eigenvalue weighted by atomic mass is 14.9. The fourth-order valence-electron chi connectivity index (χ4n) is 4.66. The van der Waals surface area contributed by atoms with Crippen molar-refractivity contribution in [2.75, 3.05) is 0 Å². The van der Waals surface area contributed by atoms with Crippen LogP contribution >= 0.6 is 0 Å². The molecule has 0 amide bonds. The molecule has 3 N–H and O–H groups in total. The molecule has 3 aromatic heterocycles. The second kappa shape index (κ2) is 7.39. The highest BCUT2D eigenvalue weighted by Crippen LogP contribution is 2.32. The van der Waals surface area contributed by atoms with Crippen molar-refractivity contribution in [3.05, 3.63) is 90.0 Å². The molecule has 0 spiro atoms. The van der Waals surface area contributed by atoms with Crippen LogP contribution in [0.2, 0.25) is 0 Å². The van der Waals surface area contributed by atoms with E-state index >= 15 is 0 Å². The van der Waals surface area contributed by atoms with Crippen LogP contribution in [-0.4, -0.2) is 26.0 Å². The van der Waals surface area contributed by atoms with Crippen LogP contribution < -0.4 is 5.73 Å². The third-order valence-corrected chi connectivity index (χ3v) is 6.24. The number of benzene rings is 2. The highest BCUT2D eigenvalue weighted by Gasteiger charge is 2.18. The van der Waals surface area contributed by atoms with E-state index in [2.05, 4.69) is 57.4 Å². The summed E-state index contributed by atoms with van der Waals surface area (Å²) in [5, 5.41) is 1.09. The molecule has 0 aliphatic heterocycles. The number of H-pyrrole nitrogens is 1. The van der Waals surface area contributed by atoms with Gasteiger partial charge in [-0.3, -0.25) is 9.97 Å². The summed E-state index contributed by atoms with van der Waals surface area (Å²) in [5.74, 6) is 0. The summed E-state index contributed by atoms with van der Waals surface area (Å²) in [6.45, 7) is 2.00. The fourth-order valence-corrected chi connectivity index (χ4v) is 4.66. The van der Waals surface area contributed by atoms with Crippen molar-refractivity contribution in [3.8, 4) is 33.8 Å². The Labute approximate surface area is 186 Å². The number of nitrogens with one attached hydrogen (secondary N) is 1. The zero-order valence-corrected chi connectivity index (χ0v) is 17.8. The Morgan fingerprint density at radius 1 is 0.875 bits per heavy atom. The van der Waals surface area contributed by atoms with Gasteiger partial charge in [-0.15, -0.1) is 0 Å². The molecule has 0 saturated carbocycles. The molecular weight excluding hydrogens is 394 g/mol. The van der Waals surface area contributed by atoms with Gasteiger partial charge in [0.1, 0.15) is 0 Å². The summed E-state index contributed by atoms with van der Waals surface area (Å²) in [4.78, 5) is 17.2. The second-order valence-electron chi connectivity index (χ2n) is 8.57. The fraction of sp³-hybridized carbons (Fsp3) is 0.148. The SMILES string of the molecule is Cc1cccc(-c2[nH]cnc2-c2ccc3ncc(-c4ccc5c(c4)CC(N)C5)cc3c2)n1. The molecule has 0 radical (unpaired) electrons. The van der Waals surface area contributed by atoms with Gasteiger partial charge in [0.05, 0.1) is 28.9 Å². The second-order valence-corrected chi connectivity index (χ2v) is 8.57. The van der Waals surface area contributed by atoms with Gasteiger partial charge in [-0.1, -0.05) is 30.3 Å². The number of fused-ring (bicyclic) bond motifs is 2. The Kier molecular flexibility index (Phi) is 4.37. The lowest BCUT2D eigenvalue weighted by molar-refractivity contribution is 0.721. The first-order valence-corrected chi connectivity index (χ1v) is 10.9. The van der Waals surface area contributed by atoms with E-state index in [9.17, 15) is 0 Å². The maximum Gasteiger partial charge on any atom is 0.0977 e. The third kappa shape index (κ3) is 3.27. The molecule has 1 aliphatic rings. The largest absolute Gasteiger partial charge is 0.343 e. The van der Waals surface area contributed by atoms with Crippen LogP contribution in [0.3, 0.4) is 0 Å². The molecule has 0 fully saturated rings. The summed E-state index contributed by atoms with van der Waals surface area (Å²) in [6.07, 6.45) is 5.60. The Morgan fingerprint density at radius 3 is 2.62 bits per heavy atom. The van der Waals surface area contributed by atoms with Crippen LogP contribution in [0.4, 0.5) is 0 Å². The molecule has 0 bridgehead atoms. The average molecular weight is 418 g/mol. The molecule has 6 rings (SSSR count). The number of nitrogens with zero attached hydrogens (tertiary/aromatic N) is 3. The molecule has 5 aromatic rings. The summed E-state index contributed by atoms with van der Waals surface area (Å²) < 4.78 is 0. The maximum atomic E-state index is 6.15. The summed E-state index contributed by atoms with van der Waals surface area (Å²) in [7, 11) is 0. The van der Waals surface area contributed by atoms with Gasteiger partial charge in [0.15, 0.2) is 0 Å². The van der Waals surface area contributed by atoms with Crippen molar-refractivity contribution in [2.45, 2.75) is 25.8 Å². The summed E-state index contributed by atoms with van der Waals surface area (Å²) in [5.41, 5.74) is 16.9. The first-order valence-electron chi connectivity index (χ1n) is 10.9. The minimum atomic E-state index is 0.239. The smallest absolute Gasteiger partial charge is 0.0977 e.